The van der Waals surface area contributed by atoms with Crippen LogP contribution in [0.15, 0.2) is 35.2 Å². The SMILES string of the molecule is Brc1cnc(NCc2cccnc2N2CCOCC2)nc1. The fourth-order valence-corrected chi connectivity index (χ4v) is 2.41. The standard InChI is InChI=1S/C14H16BrN5O/c15-12-9-18-14(19-10-12)17-8-11-2-1-3-16-13(11)20-4-6-21-7-5-20/h1-3,9-10H,4-8H2,(H,17,18,19). The lowest BCUT2D eigenvalue weighted by Gasteiger charge is -2.29. The van der Waals surface area contributed by atoms with Crippen molar-refractivity contribution in [3.8, 4) is 0 Å². The van der Waals surface area contributed by atoms with Crippen molar-refractivity contribution < 1.29 is 4.74 Å². The summed E-state index contributed by atoms with van der Waals surface area (Å²) in [5.41, 5.74) is 1.13. The van der Waals surface area contributed by atoms with Gasteiger partial charge in [0.2, 0.25) is 5.95 Å². The summed E-state index contributed by atoms with van der Waals surface area (Å²) in [5.74, 6) is 1.61. The van der Waals surface area contributed by atoms with Gasteiger partial charge in [-0.3, -0.25) is 0 Å². The van der Waals surface area contributed by atoms with E-state index in [1.54, 1.807) is 12.4 Å². The normalized spacial score (nSPS) is 15.0. The highest BCUT2D eigenvalue weighted by atomic mass is 79.9. The number of nitrogens with one attached hydrogen (secondary N) is 1. The fraction of sp³-hybridized carbons (Fsp3) is 0.357. The van der Waals surface area contributed by atoms with Crippen LogP contribution in [0.5, 0.6) is 0 Å². The van der Waals surface area contributed by atoms with Gasteiger partial charge in [-0.25, -0.2) is 15.0 Å². The number of ether oxygens (including phenoxy) is 1. The molecule has 1 fully saturated rings. The molecule has 6 nitrogen and oxygen atoms in total. The quantitative estimate of drug-likeness (QED) is 0.911. The highest BCUT2D eigenvalue weighted by Gasteiger charge is 2.15. The third-order valence-electron chi connectivity index (χ3n) is 3.24. The van der Waals surface area contributed by atoms with E-state index in [9.17, 15) is 0 Å². The van der Waals surface area contributed by atoms with Gasteiger partial charge >= 0.3 is 0 Å². The predicted molar refractivity (Wildman–Crippen MR) is 84.3 cm³/mol. The maximum absolute atomic E-state index is 5.39. The molecule has 0 aliphatic carbocycles. The highest BCUT2D eigenvalue weighted by molar-refractivity contribution is 9.10. The zero-order valence-corrected chi connectivity index (χ0v) is 13.1. The van der Waals surface area contributed by atoms with Crippen LogP contribution < -0.4 is 10.2 Å². The molecule has 1 aliphatic rings. The van der Waals surface area contributed by atoms with E-state index in [0.717, 1.165) is 42.2 Å². The van der Waals surface area contributed by atoms with Gasteiger partial charge in [0.1, 0.15) is 5.82 Å². The number of anilines is 2. The summed E-state index contributed by atoms with van der Waals surface area (Å²) < 4.78 is 6.26. The largest absolute Gasteiger partial charge is 0.378 e. The molecule has 110 valence electrons. The molecule has 3 heterocycles. The van der Waals surface area contributed by atoms with E-state index in [4.69, 9.17) is 4.74 Å². The Morgan fingerprint density at radius 3 is 2.71 bits per heavy atom. The van der Waals surface area contributed by atoms with Crippen molar-refractivity contribution in [3.05, 3.63) is 40.8 Å². The van der Waals surface area contributed by atoms with Gasteiger partial charge in [-0.05, 0) is 22.0 Å². The first-order valence-corrected chi connectivity index (χ1v) is 7.60. The number of halogens is 1. The molecule has 0 radical (unpaired) electrons. The van der Waals surface area contributed by atoms with Crippen LogP contribution in [0.3, 0.4) is 0 Å². The van der Waals surface area contributed by atoms with Crippen LogP contribution in [-0.4, -0.2) is 41.3 Å². The molecule has 0 atom stereocenters. The second kappa shape index (κ2) is 6.82. The van der Waals surface area contributed by atoms with Crippen LogP contribution >= 0.6 is 15.9 Å². The van der Waals surface area contributed by atoms with Crippen LogP contribution in [0.25, 0.3) is 0 Å². The lowest BCUT2D eigenvalue weighted by Crippen LogP contribution is -2.37. The molecule has 21 heavy (non-hydrogen) atoms. The van der Waals surface area contributed by atoms with Crippen LogP contribution in [0, 0.1) is 0 Å². The molecule has 1 aliphatic heterocycles. The second-order valence-corrected chi connectivity index (χ2v) is 5.58. The van der Waals surface area contributed by atoms with Gasteiger partial charge in [-0.1, -0.05) is 6.07 Å². The Morgan fingerprint density at radius 1 is 1.19 bits per heavy atom. The average Bonchev–Trinajstić information content (AvgIpc) is 2.55. The molecule has 1 saturated heterocycles. The maximum Gasteiger partial charge on any atom is 0.222 e. The summed E-state index contributed by atoms with van der Waals surface area (Å²) in [5, 5.41) is 3.23. The van der Waals surface area contributed by atoms with Crippen molar-refractivity contribution in [1.82, 2.24) is 15.0 Å². The Kier molecular flexibility index (Phi) is 4.62. The van der Waals surface area contributed by atoms with Crippen LogP contribution in [-0.2, 0) is 11.3 Å². The third-order valence-corrected chi connectivity index (χ3v) is 3.64. The van der Waals surface area contributed by atoms with Crippen LogP contribution in [0.2, 0.25) is 0 Å². The van der Waals surface area contributed by atoms with Crippen molar-refractivity contribution in [2.24, 2.45) is 0 Å². The molecular formula is C14H16BrN5O. The molecule has 0 saturated carbocycles. The number of aromatic nitrogens is 3. The van der Waals surface area contributed by atoms with Gasteiger partial charge in [0.25, 0.3) is 0 Å². The van der Waals surface area contributed by atoms with Crippen molar-refractivity contribution in [2.45, 2.75) is 6.54 Å². The summed E-state index contributed by atoms with van der Waals surface area (Å²) in [4.78, 5) is 15.2. The van der Waals surface area contributed by atoms with Gasteiger partial charge in [0.15, 0.2) is 0 Å². The zero-order valence-electron chi connectivity index (χ0n) is 11.5. The van der Waals surface area contributed by atoms with E-state index < -0.39 is 0 Å². The first kappa shape index (κ1) is 14.2. The minimum Gasteiger partial charge on any atom is -0.378 e. The van der Waals surface area contributed by atoms with Crippen molar-refractivity contribution in [2.75, 3.05) is 36.5 Å². The van der Waals surface area contributed by atoms with Crippen LogP contribution in [0.1, 0.15) is 5.56 Å². The Hall–Kier alpha value is -1.73. The molecule has 2 aromatic rings. The second-order valence-electron chi connectivity index (χ2n) is 4.66. The minimum absolute atomic E-state index is 0.606. The molecule has 7 heteroatoms. The number of morpholine rings is 1. The van der Waals surface area contributed by atoms with E-state index in [2.05, 4.69) is 47.2 Å². The van der Waals surface area contributed by atoms with E-state index in [0.29, 0.717) is 12.5 Å². The smallest absolute Gasteiger partial charge is 0.222 e. The molecule has 0 unspecified atom stereocenters. The molecule has 2 aromatic heterocycles. The van der Waals surface area contributed by atoms with E-state index >= 15 is 0 Å². The molecule has 0 bridgehead atoms. The summed E-state index contributed by atoms with van der Waals surface area (Å²) in [7, 11) is 0. The number of hydrogen-bond acceptors (Lipinski definition) is 6. The summed E-state index contributed by atoms with van der Waals surface area (Å²) in [6, 6.07) is 4.02. The molecular weight excluding hydrogens is 334 g/mol. The first-order chi connectivity index (χ1) is 10.3. The predicted octanol–water partition coefficient (Wildman–Crippen LogP) is 2.08. The number of pyridine rings is 1. The molecule has 0 spiro atoms. The molecule has 1 N–H and O–H groups in total. The van der Waals surface area contributed by atoms with Gasteiger partial charge in [0.05, 0.1) is 17.7 Å². The molecule has 0 aromatic carbocycles. The van der Waals surface area contributed by atoms with Gasteiger partial charge in [-0.2, -0.15) is 0 Å². The van der Waals surface area contributed by atoms with Gasteiger partial charge in [0, 0.05) is 43.8 Å². The van der Waals surface area contributed by atoms with E-state index in [1.807, 2.05) is 12.3 Å². The Balaban J connectivity index is 1.71. The third kappa shape index (κ3) is 3.68. The van der Waals surface area contributed by atoms with Crippen molar-refractivity contribution in [1.29, 1.82) is 0 Å². The van der Waals surface area contributed by atoms with E-state index in [1.165, 1.54) is 0 Å². The lowest BCUT2D eigenvalue weighted by atomic mass is 10.2. The maximum atomic E-state index is 5.39. The topological polar surface area (TPSA) is 63.2 Å². The fourth-order valence-electron chi connectivity index (χ4n) is 2.21. The van der Waals surface area contributed by atoms with Gasteiger partial charge in [-0.15, -0.1) is 0 Å². The number of rotatable bonds is 4. The van der Waals surface area contributed by atoms with E-state index in [-0.39, 0.29) is 0 Å². The molecule has 0 amide bonds. The number of nitrogens with zero attached hydrogens (tertiary/aromatic N) is 4. The highest BCUT2D eigenvalue weighted by Crippen LogP contribution is 2.19. The van der Waals surface area contributed by atoms with Crippen LogP contribution in [0.4, 0.5) is 11.8 Å². The Labute approximate surface area is 131 Å². The Bertz CT molecular complexity index is 586. The summed E-state index contributed by atoms with van der Waals surface area (Å²) >= 11 is 3.32. The monoisotopic (exact) mass is 349 g/mol. The zero-order chi connectivity index (χ0) is 14.5. The Morgan fingerprint density at radius 2 is 1.95 bits per heavy atom. The van der Waals surface area contributed by atoms with Crippen molar-refractivity contribution in [3.63, 3.8) is 0 Å². The summed E-state index contributed by atoms with van der Waals surface area (Å²) in [6.45, 7) is 3.89. The lowest BCUT2D eigenvalue weighted by molar-refractivity contribution is 0.122. The average molecular weight is 350 g/mol. The molecule has 3 rings (SSSR count). The minimum atomic E-state index is 0.606. The first-order valence-electron chi connectivity index (χ1n) is 6.81. The van der Waals surface area contributed by atoms with Gasteiger partial charge < -0.3 is 15.0 Å². The summed E-state index contributed by atoms with van der Waals surface area (Å²) in [6.07, 6.45) is 5.27. The van der Waals surface area contributed by atoms with Crippen molar-refractivity contribution >= 4 is 27.7 Å². The number of hydrogen-bond donors (Lipinski definition) is 1.